The number of aromatic amines is 1. The van der Waals surface area contributed by atoms with E-state index >= 15 is 0 Å². The molecule has 1 aromatic carbocycles. The highest BCUT2D eigenvalue weighted by Gasteiger charge is 2.14. The lowest BCUT2D eigenvalue weighted by atomic mass is 10.0. The Morgan fingerprint density at radius 2 is 2.31 bits per heavy atom. The van der Waals surface area contributed by atoms with E-state index in [4.69, 9.17) is 11.6 Å². The molecule has 2 aromatic rings. The SMILES string of the molecule is Clc1c[nH]c2cc(CC3CCCN3)ccc12. The summed E-state index contributed by atoms with van der Waals surface area (Å²) in [6.45, 7) is 1.17. The van der Waals surface area contributed by atoms with Crippen LogP contribution in [0.2, 0.25) is 5.02 Å². The maximum absolute atomic E-state index is 6.05. The van der Waals surface area contributed by atoms with Gasteiger partial charge in [0.2, 0.25) is 0 Å². The number of nitrogens with one attached hydrogen (secondary N) is 2. The summed E-state index contributed by atoms with van der Waals surface area (Å²) < 4.78 is 0. The van der Waals surface area contributed by atoms with Crippen LogP contribution in [0.4, 0.5) is 0 Å². The summed E-state index contributed by atoms with van der Waals surface area (Å²) in [5.74, 6) is 0. The monoisotopic (exact) mass is 234 g/mol. The van der Waals surface area contributed by atoms with Crippen LogP contribution in [0.1, 0.15) is 18.4 Å². The molecule has 0 bridgehead atoms. The van der Waals surface area contributed by atoms with Crippen molar-refractivity contribution in [2.45, 2.75) is 25.3 Å². The van der Waals surface area contributed by atoms with Gasteiger partial charge in [-0.05, 0) is 37.4 Å². The van der Waals surface area contributed by atoms with Crippen LogP contribution in [-0.4, -0.2) is 17.6 Å². The number of halogens is 1. The van der Waals surface area contributed by atoms with Crippen molar-refractivity contribution in [1.82, 2.24) is 10.3 Å². The third kappa shape index (κ3) is 1.83. The standard InChI is InChI=1S/C13H15ClN2/c14-12-8-16-13-7-9(3-4-11(12)13)6-10-2-1-5-15-10/h3-4,7-8,10,15-16H,1-2,5-6H2. The highest BCUT2D eigenvalue weighted by Crippen LogP contribution is 2.24. The van der Waals surface area contributed by atoms with Crippen molar-refractivity contribution >= 4 is 22.5 Å². The van der Waals surface area contributed by atoms with Gasteiger partial charge in [0, 0.05) is 23.1 Å². The summed E-state index contributed by atoms with van der Waals surface area (Å²) in [6, 6.07) is 7.16. The molecule has 1 aliphatic heterocycles. The molecule has 84 valence electrons. The van der Waals surface area contributed by atoms with Gasteiger partial charge in [0.05, 0.1) is 5.02 Å². The molecule has 3 heteroatoms. The molecular weight excluding hydrogens is 220 g/mol. The zero-order chi connectivity index (χ0) is 11.0. The van der Waals surface area contributed by atoms with E-state index in [9.17, 15) is 0 Å². The smallest absolute Gasteiger partial charge is 0.0659 e. The second-order valence-electron chi connectivity index (χ2n) is 4.51. The van der Waals surface area contributed by atoms with Crippen LogP contribution in [-0.2, 0) is 6.42 Å². The largest absolute Gasteiger partial charge is 0.360 e. The van der Waals surface area contributed by atoms with Crippen LogP contribution < -0.4 is 5.32 Å². The van der Waals surface area contributed by atoms with E-state index in [1.807, 2.05) is 6.20 Å². The summed E-state index contributed by atoms with van der Waals surface area (Å²) in [4.78, 5) is 3.20. The first-order valence-electron chi connectivity index (χ1n) is 5.82. The Kier molecular flexibility index (Phi) is 2.62. The quantitative estimate of drug-likeness (QED) is 0.821. The lowest BCUT2D eigenvalue weighted by Gasteiger charge is -2.09. The maximum Gasteiger partial charge on any atom is 0.0659 e. The van der Waals surface area contributed by atoms with Crippen LogP contribution in [0.3, 0.4) is 0 Å². The minimum atomic E-state index is 0.655. The van der Waals surface area contributed by atoms with E-state index < -0.39 is 0 Å². The van der Waals surface area contributed by atoms with E-state index in [0.29, 0.717) is 6.04 Å². The van der Waals surface area contributed by atoms with Gasteiger partial charge in [-0.1, -0.05) is 23.7 Å². The van der Waals surface area contributed by atoms with E-state index in [2.05, 4.69) is 28.5 Å². The van der Waals surface area contributed by atoms with Gasteiger partial charge in [0.1, 0.15) is 0 Å². The second-order valence-corrected chi connectivity index (χ2v) is 4.92. The van der Waals surface area contributed by atoms with Crippen molar-refractivity contribution in [2.75, 3.05) is 6.54 Å². The summed E-state index contributed by atoms with van der Waals surface area (Å²) >= 11 is 6.05. The molecule has 2 N–H and O–H groups in total. The van der Waals surface area contributed by atoms with E-state index in [1.54, 1.807) is 0 Å². The van der Waals surface area contributed by atoms with Crippen LogP contribution >= 0.6 is 11.6 Å². The van der Waals surface area contributed by atoms with Crippen LogP contribution in [0.15, 0.2) is 24.4 Å². The normalized spacial score (nSPS) is 20.7. The molecule has 16 heavy (non-hydrogen) atoms. The predicted molar refractivity (Wildman–Crippen MR) is 68.0 cm³/mol. The number of benzene rings is 1. The first-order valence-corrected chi connectivity index (χ1v) is 6.19. The third-order valence-corrected chi connectivity index (χ3v) is 3.65. The first kappa shape index (κ1) is 10.2. The average Bonchev–Trinajstić information content (AvgIpc) is 2.90. The van der Waals surface area contributed by atoms with Gasteiger partial charge in [-0.3, -0.25) is 0 Å². The lowest BCUT2D eigenvalue weighted by Crippen LogP contribution is -2.23. The Morgan fingerprint density at radius 3 is 3.12 bits per heavy atom. The summed E-state index contributed by atoms with van der Waals surface area (Å²) in [5.41, 5.74) is 2.52. The Bertz CT molecular complexity index is 498. The summed E-state index contributed by atoms with van der Waals surface area (Å²) in [5, 5.41) is 5.44. The Morgan fingerprint density at radius 1 is 1.38 bits per heavy atom. The second kappa shape index (κ2) is 4.11. The van der Waals surface area contributed by atoms with Gasteiger partial charge in [0.25, 0.3) is 0 Å². The van der Waals surface area contributed by atoms with Crippen LogP contribution in [0.25, 0.3) is 10.9 Å². The van der Waals surface area contributed by atoms with Gasteiger partial charge in [0.15, 0.2) is 0 Å². The van der Waals surface area contributed by atoms with Gasteiger partial charge < -0.3 is 10.3 Å². The fourth-order valence-corrected chi connectivity index (χ4v) is 2.70. The zero-order valence-electron chi connectivity index (χ0n) is 9.09. The van der Waals surface area contributed by atoms with Crippen molar-refractivity contribution in [1.29, 1.82) is 0 Å². The highest BCUT2D eigenvalue weighted by molar-refractivity contribution is 6.35. The van der Waals surface area contributed by atoms with Crippen LogP contribution in [0, 0.1) is 0 Å². The highest BCUT2D eigenvalue weighted by atomic mass is 35.5. The van der Waals surface area contributed by atoms with Gasteiger partial charge in [-0.2, -0.15) is 0 Å². The number of aromatic nitrogens is 1. The number of rotatable bonds is 2. The number of H-pyrrole nitrogens is 1. The molecular formula is C13H15ClN2. The molecule has 1 fully saturated rings. The minimum Gasteiger partial charge on any atom is -0.360 e. The Labute approximate surface area is 100.0 Å². The fraction of sp³-hybridized carbons (Fsp3) is 0.385. The number of hydrogen-bond acceptors (Lipinski definition) is 1. The summed E-state index contributed by atoms with van der Waals surface area (Å²) in [7, 11) is 0. The van der Waals surface area contributed by atoms with Crippen molar-refractivity contribution < 1.29 is 0 Å². The van der Waals surface area contributed by atoms with E-state index in [1.165, 1.54) is 24.9 Å². The first-order chi connectivity index (χ1) is 7.83. The van der Waals surface area contributed by atoms with Gasteiger partial charge in [-0.25, -0.2) is 0 Å². The molecule has 1 saturated heterocycles. The fourth-order valence-electron chi connectivity index (χ4n) is 2.48. The molecule has 1 unspecified atom stereocenters. The van der Waals surface area contributed by atoms with Crippen molar-refractivity contribution in [3.63, 3.8) is 0 Å². The molecule has 0 aliphatic carbocycles. The molecule has 0 radical (unpaired) electrons. The van der Waals surface area contributed by atoms with Gasteiger partial charge >= 0.3 is 0 Å². The lowest BCUT2D eigenvalue weighted by molar-refractivity contribution is 0.603. The topological polar surface area (TPSA) is 27.8 Å². The van der Waals surface area contributed by atoms with Gasteiger partial charge in [-0.15, -0.1) is 0 Å². The van der Waals surface area contributed by atoms with E-state index in [-0.39, 0.29) is 0 Å². The van der Waals surface area contributed by atoms with Crippen LogP contribution in [0.5, 0.6) is 0 Å². The molecule has 0 spiro atoms. The third-order valence-electron chi connectivity index (χ3n) is 3.34. The molecule has 0 amide bonds. The molecule has 1 atom stereocenters. The Balaban J connectivity index is 1.87. The van der Waals surface area contributed by atoms with Crippen molar-refractivity contribution in [2.24, 2.45) is 0 Å². The van der Waals surface area contributed by atoms with Crippen molar-refractivity contribution in [3.8, 4) is 0 Å². The predicted octanol–water partition coefficient (Wildman–Crippen LogP) is 3.12. The van der Waals surface area contributed by atoms with E-state index in [0.717, 1.165) is 22.3 Å². The molecule has 3 rings (SSSR count). The molecule has 1 aromatic heterocycles. The Hall–Kier alpha value is -0.990. The number of fused-ring (bicyclic) bond motifs is 1. The molecule has 1 aliphatic rings. The molecule has 2 heterocycles. The molecule has 0 saturated carbocycles. The minimum absolute atomic E-state index is 0.655. The zero-order valence-corrected chi connectivity index (χ0v) is 9.85. The molecule has 2 nitrogen and oxygen atoms in total. The summed E-state index contributed by atoms with van der Waals surface area (Å²) in [6.07, 6.45) is 5.57. The maximum atomic E-state index is 6.05. The number of hydrogen-bond donors (Lipinski definition) is 2. The average molecular weight is 235 g/mol. The van der Waals surface area contributed by atoms with Crippen molar-refractivity contribution in [3.05, 3.63) is 35.0 Å².